The number of amides is 1. The Kier molecular flexibility index (Phi) is 4.82. The first-order valence-corrected chi connectivity index (χ1v) is 7.66. The molecule has 2 aromatic rings. The summed E-state index contributed by atoms with van der Waals surface area (Å²) in [4.78, 5) is 22.4. The Morgan fingerprint density at radius 3 is 2.91 bits per heavy atom. The van der Waals surface area contributed by atoms with Gasteiger partial charge < -0.3 is 15.0 Å². The monoisotopic (exact) mass is 316 g/mol. The lowest BCUT2D eigenvalue weighted by Crippen LogP contribution is -2.30. The molecule has 122 valence electrons. The Labute approximate surface area is 134 Å². The summed E-state index contributed by atoms with van der Waals surface area (Å²) < 4.78 is 6.46. The van der Waals surface area contributed by atoms with Crippen LogP contribution in [0.3, 0.4) is 0 Å². The maximum atomic E-state index is 11.6. The molecule has 0 aliphatic carbocycles. The fraction of sp³-hybridized carbons (Fsp3) is 0.467. The quantitative estimate of drug-likeness (QED) is 0.893. The number of carbonyl (C=O) groups excluding carboxylic acids is 1. The topological polar surface area (TPSA) is 85.2 Å². The number of aromatic nitrogens is 4. The Hall–Kier alpha value is -2.48. The van der Waals surface area contributed by atoms with Crippen LogP contribution in [-0.2, 0) is 9.53 Å². The molecule has 8 nitrogen and oxygen atoms in total. The molecule has 8 heteroatoms. The third kappa shape index (κ3) is 3.65. The average Bonchev–Trinajstić information content (AvgIpc) is 3.04. The van der Waals surface area contributed by atoms with Gasteiger partial charge in [0.25, 0.3) is 0 Å². The van der Waals surface area contributed by atoms with E-state index < -0.39 is 0 Å². The van der Waals surface area contributed by atoms with Crippen LogP contribution < -0.4 is 10.2 Å². The van der Waals surface area contributed by atoms with Crippen LogP contribution in [0.15, 0.2) is 24.9 Å². The molecule has 0 saturated carbocycles. The lowest BCUT2D eigenvalue weighted by atomic mass is 10.1. The number of nitrogens with one attached hydrogen (secondary N) is 1. The predicted molar refractivity (Wildman–Crippen MR) is 85.7 cm³/mol. The minimum atomic E-state index is -0.217. The highest BCUT2D eigenvalue weighted by Crippen LogP contribution is 2.24. The van der Waals surface area contributed by atoms with E-state index in [2.05, 4.69) is 25.3 Å². The third-order valence-corrected chi connectivity index (χ3v) is 3.73. The van der Waals surface area contributed by atoms with Crippen molar-refractivity contribution in [2.75, 3.05) is 37.0 Å². The van der Waals surface area contributed by atoms with E-state index in [0.717, 1.165) is 18.8 Å². The summed E-state index contributed by atoms with van der Waals surface area (Å²) in [5.41, 5.74) is 1.57. The fourth-order valence-corrected chi connectivity index (χ4v) is 2.68. The summed E-state index contributed by atoms with van der Waals surface area (Å²) in [6, 6.07) is 0. The Morgan fingerprint density at radius 2 is 2.13 bits per heavy atom. The molecule has 1 N–H and O–H groups in total. The molecule has 23 heavy (non-hydrogen) atoms. The van der Waals surface area contributed by atoms with Gasteiger partial charge in [0.05, 0.1) is 24.3 Å². The Bertz CT molecular complexity index is 665. The number of nitrogens with zero attached hydrogens (tertiary/aromatic N) is 5. The molecule has 0 unspecified atom stereocenters. The lowest BCUT2D eigenvalue weighted by Gasteiger charge is -2.29. The maximum absolute atomic E-state index is 11.6. The zero-order valence-corrected chi connectivity index (χ0v) is 13.1. The second-order valence-electron chi connectivity index (χ2n) is 5.43. The van der Waals surface area contributed by atoms with Gasteiger partial charge in [-0.25, -0.2) is 14.6 Å². The highest BCUT2D eigenvalue weighted by atomic mass is 16.5. The molecule has 1 saturated heterocycles. The van der Waals surface area contributed by atoms with Crippen LogP contribution in [0, 0.1) is 0 Å². The number of methoxy groups -OCH3 is 1. The predicted octanol–water partition coefficient (Wildman–Crippen LogP) is 1.24. The normalized spacial score (nSPS) is 14.7. The lowest BCUT2D eigenvalue weighted by molar-refractivity contribution is -0.119. The van der Waals surface area contributed by atoms with Crippen molar-refractivity contribution in [3.8, 4) is 5.82 Å². The first kappa shape index (κ1) is 15.4. The highest BCUT2D eigenvalue weighted by Gasteiger charge is 2.17. The first-order chi connectivity index (χ1) is 11.3. The maximum Gasteiger partial charge on any atom is 0.250 e. The average molecular weight is 316 g/mol. The SMILES string of the molecule is COCC(=O)Nc1cnn(-c2ncncc2N2CCCCC2)c1. The third-order valence-electron chi connectivity index (χ3n) is 3.73. The molecule has 3 heterocycles. The first-order valence-electron chi connectivity index (χ1n) is 7.66. The van der Waals surface area contributed by atoms with Crippen molar-refractivity contribution in [2.45, 2.75) is 19.3 Å². The zero-order valence-electron chi connectivity index (χ0n) is 13.1. The molecule has 1 amide bonds. The van der Waals surface area contributed by atoms with Gasteiger partial charge in [0, 0.05) is 20.2 Å². The summed E-state index contributed by atoms with van der Waals surface area (Å²) in [6.07, 6.45) is 10.3. The minimum absolute atomic E-state index is 0.0116. The van der Waals surface area contributed by atoms with Crippen molar-refractivity contribution in [1.82, 2.24) is 19.7 Å². The van der Waals surface area contributed by atoms with Crippen molar-refractivity contribution in [3.63, 3.8) is 0 Å². The number of hydrogen-bond donors (Lipinski definition) is 1. The van der Waals surface area contributed by atoms with Gasteiger partial charge in [-0.3, -0.25) is 4.79 Å². The molecule has 0 aromatic carbocycles. The number of rotatable bonds is 5. The Morgan fingerprint density at radius 1 is 1.30 bits per heavy atom. The van der Waals surface area contributed by atoms with Crippen LogP contribution in [0.4, 0.5) is 11.4 Å². The van der Waals surface area contributed by atoms with Crippen LogP contribution in [-0.4, -0.2) is 52.5 Å². The summed E-state index contributed by atoms with van der Waals surface area (Å²) in [5.74, 6) is 0.500. The number of anilines is 2. The van der Waals surface area contributed by atoms with E-state index >= 15 is 0 Å². The standard InChI is InChI=1S/C15H20N6O2/c1-23-10-14(22)19-12-7-18-21(9-12)15-13(8-16-11-17-15)20-5-3-2-4-6-20/h7-9,11H,2-6,10H2,1H3,(H,19,22). The zero-order chi connectivity index (χ0) is 16.1. The molecule has 1 fully saturated rings. The minimum Gasteiger partial charge on any atom is -0.375 e. The van der Waals surface area contributed by atoms with E-state index in [4.69, 9.17) is 4.74 Å². The molecule has 3 rings (SSSR count). The summed E-state index contributed by atoms with van der Waals surface area (Å²) >= 11 is 0. The van der Waals surface area contributed by atoms with Crippen LogP contribution in [0.1, 0.15) is 19.3 Å². The number of piperidine rings is 1. The van der Waals surface area contributed by atoms with Crippen molar-refractivity contribution >= 4 is 17.3 Å². The van der Waals surface area contributed by atoms with Gasteiger partial charge in [-0.05, 0) is 19.3 Å². The van der Waals surface area contributed by atoms with Crippen molar-refractivity contribution < 1.29 is 9.53 Å². The van der Waals surface area contributed by atoms with E-state index in [-0.39, 0.29) is 12.5 Å². The van der Waals surface area contributed by atoms with Crippen LogP contribution in [0.25, 0.3) is 5.82 Å². The van der Waals surface area contributed by atoms with E-state index in [1.54, 1.807) is 17.1 Å². The largest absolute Gasteiger partial charge is 0.375 e. The van der Waals surface area contributed by atoms with E-state index in [9.17, 15) is 4.79 Å². The van der Waals surface area contributed by atoms with Crippen LogP contribution in [0.2, 0.25) is 0 Å². The van der Waals surface area contributed by atoms with E-state index in [0.29, 0.717) is 11.5 Å². The molecule has 2 aromatic heterocycles. The van der Waals surface area contributed by atoms with Crippen molar-refractivity contribution in [2.24, 2.45) is 0 Å². The molecule has 1 aliphatic rings. The number of carbonyl (C=O) groups is 1. The number of ether oxygens (including phenoxy) is 1. The van der Waals surface area contributed by atoms with Gasteiger partial charge >= 0.3 is 0 Å². The van der Waals surface area contributed by atoms with Gasteiger partial charge in [0.15, 0.2) is 5.82 Å². The second-order valence-corrected chi connectivity index (χ2v) is 5.43. The van der Waals surface area contributed by atoms with Crippen molar-refractivity contribution in [3.05, 3.63) is 24.9 Å². The number of hydrogen-bond acceptors (Lipinski definition) is 6. The van der Waals surface area contributed by atoms with E-state index in [1.165, 1.54) is 32.7 Å². The molecular weight excluding hydrogens is 296 g/mol. The molecule has 0 atom stereocenters. The molecule has 0 radical (unpaired) electrons. The van der Waals surface area contributed by atoms with Gasteiger partial charge in [-0.1, -0.05) is 0 Å². The summed E-state index contributed by atoms with van der Waals surface area (Å²) in [5, 5.41) is 7.03. The molecule has 0 spiro atoms. The van der Waals surface area contributed by atoms with Crippen LogP contribution >= 0.6 is 0 Å². The van der Waals surface area contributed by atoms with Gasteiger partial charge in [-0.15, -0.1) is 0 Å². The van der Waals surface area contributed by atoms with E-state index in [1.807, 2.05) is 6.20 Å². The fourth-order valence-electron chi connectivity index (χ4n) is 2.68. The molecule has 1 aliphatic heterocycles. The summed E-state index contributed by atoms with van der Waals surface area (Å²) in [6.45, 7) is 2.01. The molecule has 0 bridgehead atoms. The molecular formula is C15H20N6O2. The van der Waals surface area contributed by atoms with Crippen molar-refractivity contribution in [1.29, 1.82) is 0 Å². The van der Waals surface area contributed by atoms with Gasteiger partial charge in [0.2, 0.25) is 5.91 Å². The summed E-state index contributed by atoms with van der Waals surface area (Å²) in [7, 11) is 1.48. The second kappa shape index (κ2) is 7.19. The van der Waals surface area contributed by atoms with Gasteiger partial charge in [-0.2, -0.15) is 5.10 Å². The Balaban J connectivity index is 1.81. The van der Waals surface area contributed by atoms with Crippen LogP contribution in [0.5, 0.6) is 0 Å². The smallest absolute Gasteiger partial charge is 0.250 e. The highest BCUT2D eigenvalue weighted by molar-refractivity contribution is 5.91. The van der Waals surface area contributed by atoms with Gasteiger partial charge in [0.1, 0.15) is 18.6 Å².